The molecule has 19 heavy (non-hydrogen) atoms. The number of rotatable bonds is 4. The number of aromatic nitrogens is 1. The molecule has 6 nitrogen and oxygen atoms in total. The van der Waals surface area contributed by atoms with Crippen LogP contribution in [0.4, 0.5) is 5.69 Å². The molecular weight excluding hydrogens is 246 g/mol. The van der Waals surface area contributed by atoms with E-state index in [2.05, 4.69) is 9.88 Å². The van der Waals surface area contributed by atoms with E-state index in [1.165, 1.54) is 12.8 Å². The van der Waals surface area contributed by atoms with Gasteiger partial charge in [-0.15, -0.1) is 0 Å². The quantitative estimate of drug-likeness (QED) is 0.809. The van der Waals surface area contributed by atoms with Gasteiger partial charge in [0.25, 0.3) is 0 Å². The Morgan fingerprint density at radius 3 is 2.95 bits per heavy atom. The number of nitrogens with zero attached hydrogens (tertiary/aromatic N) is 1. The zero-order chi connectivity index (χ0) is 13.2. The van der Waals surface area contributed by atoms with Crippen LogP contribution >= 0.6 is 0 Å². The molecular formula is C13H17N3O3. The van der Waals surface area contributed by atoms with Gasteiger partial charge in [-0.25, -0.2) is 4.79 Å². The van der Waals surface area contributed by atoms with E-state index in [1.807, 2.05) is 0 Å². The number of nitrogens with one attached hydrogen (secondary N) is 1. The number of oxazole rings is 1. The van der Waals surface area contributed by atoms with Crippen LogP contribution < -0.4 is 16.2 Å². The number of nitrogen functional groups attached to an aromatic ring is 1. The van der Waals surface area contributed by atoms with Crippen LogP contribution in [-0.2, 0) is 0 Å². The van der Waals surface area contributed by atoms with Crippen LogP contribution in [0.15, 0.2) is 21.3 Å². The molecule has 0 unspecified atom stereocenters. The van der Waals surface area contributed by atoms with E-state index in [0.29, 0.717) is 29.1 Å². The van der Waals surface area contributed by atoms with Gasteiger partial charge in [-0.3, -0.25) is 9.88 Å². The van der Waals surface area contributed by atoms with Gasteiger partial charge in [0.05, 0.1) is 11.2 Å². The van der Waals surface area contributed by atoms with Gasteiger partial charge in [0.1, 0.15) is 12.4 Å². The van der Waals surface area contributed by atoms with E-state index in [4.69, 9.17) is 14.9 Å². The fourth-order valence-corrected chi connectivity index (χ4v) is 2.41. The lowest BCUT2D eigenvalue weighted by Gasteiger charge is -2.15. The number of benzene rings is 1. The number of likely N-dealkylation sites (tertiary alicyclic amines) is 1. The summed E-state index contributed by atoms with van der Waals surface area (Å²) < 4.78 is 10.6. The van der Waals surface area contributed by atoms with Gasteiger partial charge in [0.2, 0.25) is 0 Å². The summed E-state index contributed by atoms with van der Waals surface area (Å²) in [7, 11) is 0. The maximum absolute atomic E-state index is 11.1. The maximum Gasteiger partial charge on any atom is 0.417 e. The molecule has 0 amide bonds. The number of anilines is 1. The molecule has 0 saturated carbocycles. The third-order valence-corrected chi connectivity index (χ3v) is 3.42. The van der Waals surface area contributed by atoms with Crippen molar-refractivity contribution in [2.24, 2.45) is 0 Å². The highest BCUT2D eigenvalue weighted by atomic mass is 16.5. The summed E-state index contributed by atoms with van der Waals surface area (Å²) in [5.41, 5.74) is 7.42. The maximum atomic E-state index is 11.1. The Balaban J connectivity index is 1.69. The van der Waals surface area contributed by atoms with Crippen LogP contribution in [0.2, 0.25) is 0 Å². The van der Waals surface area contributed by atoms with Crippen molar-refractivity contribution in [3.05, 3.63) is 22.7 Å². The summed E-state index contributed by atoms with van der Waals surface area (Å²) in [6.07, 6.45) is 2.54. The molecule has 0 bridgehead atoms. The van der Waals surface area contributed by atoms with Gasteiger partial charge < -0.3 is 14.9 Å². The van der Waals surface area contributed by atoms with Crippen molar-refractivity contribution in [2.75, 3.05) is 32.0 Å². The lowest BCUT2D eigenvalue weighted by molar-refractivity contribution is 0.239. The second-order valence-electron chi connectivity index (χ2n) is 4.80. The smallest absolute Gasteiger partial charge is 0.417 e. The normalized spacial score (nSPS) is 16.2. The fraction of sp³-hybridized carbons (Fsp3) is 0.462. The average Bonchev–Trinajstić information content (AvgIpc) is 2.98. The minimum Gasteiger partial charge on any atom is -0.490 e. The van der Waals surface area contributed by atoms with Crippen LogP contribution in [-0.4, -0.2) is 36.1 Å². The largest absolute Gasteiger partial charge is 0.490 e. The summed E-state index contributed by atoms with van der Waals surface area (Å²) in [5.74, 6) is 0.104. The minimum absolute atomic E-state index is 0.453. The molecule has 1 aromatic heterocycles. The fourth-order valence-electron chi connectivity index (χ4n) is 2.41. The Bertz CT molecular complexity index is 626. The first-order chi connectivity index (χ1) is 9.22. The van der Waals surface area contributed by atoms with Crippen LogP contribution in [0.1, 0.15) is 12.8 Å². The molecule has 102 valence electrons. The van der Waals surface area contributed by atoms with Gasteiger partial charge in [0.15, 0.2) is 5.58 Å². The highest BCUT2D eigenvalue weighted by Gasteiger charge is 2.12. The van der Waals surface area contributed by atoms with E-state index < -0.39 is 5.76 Å². The van der Waals surface area contributed by atoms with Crippen LogP contribution in [0.25, 0.3) is 11.1 Å². The topological polar surface area (TPSA) is 84.5 Å². The summed E-state index contributed by atoms with van der Waals surface area (Å²) in [5, 5.41) is 0. The Kier molecular flexibility index (Phi) is 3.16. The van der Waals surface area contributed by atoms with E-state index in [9.17, 15) is 4.79 Å². The third-order valence-electron chi connectivity index (χ3n) is 3.42. The second-order valence-corrected chi connectivity index (χ2v) is 4.80. The molecule has 1 aliphatic rings. The third kappa shape index (κ3) is 2.58. The Morgan fingerprint density at radius 2 is 2.16 bits per heavy atom. The number of ether oxygens (including phenoxy) is 1. The predicted octanol–water partition coefficient (Wildman–Crippen LogP) is 1.18. The lowest BCUT2D eigenvalue weighted by atomic mass is 10.2. The number of fused-ring (bicyclic) bond motifs is 1. The Hall–Kier alpha value is -1.95. The number of aromatic amines is 1. The highest BCUT2D eigenvalue weighted by Crippen LogP contribution is 2.26. The number of hydrogen-bond acceptors (Lipinski definition) is 5. The molecule has 0 atom stereocenters. The van der Waals surface area contributed by atoms with Gasteiger partial charge in [-0.2, -0.15) is 0 Å². The highest BCUT2D eigenvalue weighted by molar-refractivity contribution is 5.80. The van der Waals surface area contributed by atoms with Crippen molar-refractivity contribution in [3.63, 3.8) is 0 Å². The van der Waals surface area contributed by atoms with E-state index in [0.717, 1.165) is 19.6 Å². The summed E-state index contributed by atoms with van der Waals surface area (Å²) in [6.45, 7) is 3.79. The van der Waals surface area contributed by atoms with Gasteiger partial charge in [0, 0.05) is 18.7 Å². The zero-order valence-corrected chi connectivity index (χ0v) is 10.6. The number of hydrogen-bond donors (Lipinski definition) is 2. The molecule has 1 fully saturated rings. The molecule has 1 saturated heterocycles. The Labute approximate surface area is 110 Å². The van der Waals surface area contributed by atoms with Crippen molar-refractivity contribution in [3.8, 4) is 5.75 Å². The molecule has 2 aromatic rings. The van der Waals surface area contributed by atoms with Crippen LogP contribution in [0, 0.1) is 0 Å². The van der Waals surface area contributed by atoms with Crippen molar-refractivity contribution in [2.45, 2.75) is 12.8 Å². The standard InChI is InChI=1S/C13H17N3O3/c14-9-7-12-10(15-13(17)19-12)8-11(9)18-6-5-16-3-1-2-4-16/h7-8H,1-6,14H2,(H,15,17). The lowest BCUT2D eigenvalue weighted by Crippen LogP contribution is -2.25. The predicted molar refractivity (Wildman–Crippen MR) is 72.4 cm³/mol. The molecule has 0 spiro atoms. The molecule has 6 heteroatoms. The van der Waals surface area contributed by atoms with Crippen molar-refractivity contribution in [1.82, 2.24) is 9.88 Å². The minimum atomic E-state index is -0.483. The summed E-state index contributed by atoms with van der Waals surface area (Å²) in [4.78, 5) is 16.0. The average molecular weight is 263 g/mol. The zero-order valence-electron chi connectivity index (χ0n) is 10.6. The molecule has 0 aliphatic carbocycles. The molecule has 1 aliphatic heterocycles. The first-order valence-electron chi connectivity index (χ1n) is 6.50. The summed E-state index contributed by atoms with van der Waals surface area (Å²) in [6, 6.07) is 3.32. The summed E-state index contributed by atoms with van der Waals surface area (Å²) >= 11 is 0. The molecule has 3 N–H and O–H groups in total. The van der Waals surface area contributed by atoms with Gasteiger partial charge in [-0.05, 0) is 25.9 Å². The second kappa shape index (κ2) is 4.97. The SMILES string of the molecule is Nc1cc2oc(=O)[nH]c2cc1OCCN1CCCC1. The van der Waals surface area contributed by atoms with Crippen molar-refractivity contribution < 1.29 is 9.15 Å². The van der Waals surface area contributed by atoms with Crippen molar-refractivity contribution >= 4 is 16.8 Å². The van der Waals surface area contributed by atoms with E-state index >= 15 is 0 Å². The Morgan fingerprint density at radius 1 is 1.37 bits per heavy atom. The van der Waals surface area contributed by atoms with E-state index in [-0.39, 0.29) is 0 Å². The first-order valence-corrected chi connectivity index (χ1v) is 6.50. The molecule has 1 aromatic carbocycles. The number of nitrogens with two attached hydrogens (primary N) is 1. The molecule has 0 radical (unpaired) electrons. The monoisotopic (exact) mass is 263 g/mol. The number of H-pyrrole nitrogens is 1. The van der Waals surface area contributed by atoms with Gasteiger partial charge in [-0.1, -0.05) is 0 Å². The van der Waals surface area contributed by atoms with Gasteiger partial charge >= 0.3 is 5.76 Å². The molecule has 3 rings (SSSR count). The van der Waals surface area contributed by atoms with Crippen LogP contribution in [0.3, 0.4) is 0 Å². The first kappa shape index (κ1) is 12.1. The van der Waals surface area contributed by atoms with Crippen molar-refractivity contribution in [1.29, 1.82) is 0 Å². The van der Waals surface area contributed by atoms with E-state index in [1.54, 1.807) is 12.1 Å². The molecule has 2 heterocycles. The van der Waals surface area contributed by atoms with Crippen LogP contribution in [0.5, 0.6) is 5.75 Å².